The molecule has 15 N–H and O–H groups in total. The van der Waals surface area contributed by atoms with E-state index in [1.54, 1.807) is 12.1 Å². The van der Waals surface area contributed by atoms with Gasteiger partial charge in [0.25, 0.3) is 0 Å². The molecule has 0 saturated heterocycles. The minimum atomic E-state index is -1.27. The highest BCUT2D eigenvalue weighted by Crippen LogP contribution is 2.11. The smallest absolute Gasteiger partial charge is 0.326 e. The van der Waals surface area contributed by atoms with E-state index in [1.165, 1.54) is 12.1 Å². The molecular formula is C23H38N10O6. The van der Waals surface area contributed by atoms with Crippen LogP contribution in [0.2, 0.25) is 0 Å². The molecule has 1 rings (SSSR count). The van der Waals surface area contributed by atoms with Gasteiger partial charge in [0.05, 0.1) is 12.6 Å². The Morgan fingerprint density at radius 1 is 0.821 bits per heavy atom. The van der Waals surface area contributed by atoms with Gasteiger partial charge in [0.15, 0.2) is 11.9 Å². The van der Waals surface area contributed by atoms with Gasteiger partial charge in [-0.25, -0.2) is 4.79 Å². The largest absolute Gasteiger partial charge is 0.508 e. The second-order valence-corrected chi connectivity index (χ2v) is 8.61. The zero-order chi connectivity index (χ0) is 29.4. The molecule has 0 heterocycles. The normalized spacial score (nSPS) is 12.7. The third-order valence-corrected chi connectivity index (χ3v) is 5.31. The first kappa shape index (κ1) is 32.4. The number of benzene rings is 1. The van der Waals surface area contributed by atoms with Gasteiger partial charge in [-0.3, -0.25) is 24.4 Å². The summed E-state index contributed by atoms with van der Waals surface area (Å²) in [5, 5.41) is 26.1. The molecule has 0 saturated carbocycles. The van der Waals surface area contributed by atoms with Crippen molar-refractivity contribution in [2.24, 2.45) is 38.7 Å². The number of aliphatic imine (C=N–C) groups is 2. The average molecular weight is 551 g/mol. The van der Waals surface area contributed by atoms with Gasteiger partial charge in [0.2, 0.25) is 17.7 Å². The topological polar surface area (TPSA) is 300 Å². The summed E-state index contributed by atoms with van der Waals surface area (Å²) >= 11 is 0. The Morgan fingerprint density at radius 3 is 1.87 bits per heavy atom. The fourth-order valence-electron chi connectivity index (χ4n) is 3.33. The number of rotatable bonds is 17. The molecule has 0 spiro atoms. The van der Waals surface area contributed by atoms with E-state index in [9.17, 15) is 29.4 Å². The molecule has 3 atom stereocenters. The van der Waals surface area contributed by atoms with Gasteiger partial charge in [-0.05, 0) is 49.8 Å². The van der Waals surface area contributed by atoms with E-state index in [-0.39, 0.29) is 56.4 Å². The monoisotopic (exact) mass is 550 g/mol. The molecule has 0 radical (unpaired) electrons. The number of carboxylic acids is 1. The highest BCUT2D eigenvalue weighted by molar-refractivity contribution is 5.92. The van der Waals surface area contributed by atoms with Crippen molar-refractivity contribution in [1.82, 2.24) is 16.0 Å². The van der Waals surface area contributed by atoms with E-state index in [2.05, 4.69) is 25.9 Å². The summed E-state index contributed by atoms with van der Waals surface area (Å²) in [5.41, 5.74) is 27.7. The molecule has 1 aromatic carbocycles. The number of nitrogens with zero attached hydrogens (tertiary/aromatic N) is 2. The summed E-state index contributed by atoms with van der Waals surface area (Å²) < 4.78 is 0. The Bertz CT molecular complexity index is 1020. The first-order valence-electron chi connectivity index (χ1n) is 12.1. The van der Waals surface area contributed by atoms with Crippen LogP contribution in [-0.2, 0) is 25.6 Å². The number of carbonyl (C=O) groups excluding carboxylic acids is 3. The van der Waals surface area contributed by atoms with E-state index in [0.29, 0.717) is 12.0 Å². The van der Waals surface area contributed by atoms with E-state index in [1.807, 2.05) is 0 Å². The van der Waals surface area contributed by atoms with Crippen LogP contribution in [0.1, 0.15) is 31.2 Å². The number of aliphatic carboxylic acids is 1. The Hall–Kier alpha value is -4.60. The molecular weight excluding hydrogens is 512 g/mol. The molecule has 3 amide bonds. The highest BCUT2D eigenvalue weighted by Gasteiger charge is 2.26. The Labute approximate surface area is 225 Å². The van der Waals surface area contributed by atoms with Crippen molar-refractivity contribution < 1.29 is 29.4 Å². The summed E-state index contributed by atoms with van der Waals surface area (Å²) in [4.78, 5) is 56.9. The van der Waals surface area contributed by atoms with Crippen molar-refractivity contribution >= 4 is 35.6 Å². The number of nitrogens with two attached hydrogens (primary N) is 5. The number of nitrogens with one attached hydrogen (secondary N) is 3. The van der Waals surface area contributed by atoms with Gasteiger partial charge in [0.1, 0.15) is 17.8 Å². The minimum Gasteiger partial charge on any atom is -0.508 e. The fourth-order valence-corrected chi connectivity index (χ4v) is 3.33. The second kappa shape index (κ2) is 17.0. The molecule has 3 unspecified atom stereocenters. The first-order chi connectivity index (χ1) is 18.4. The molecule has 0 bridgehead atoms. The van der Waals surface area contributed by atoms with E-state index < -0.39 is 48.4 Å². The predicted molar refractivity (Wildman–Crippen MR) is 144 cm³/mol. The van der Waals surface area contributed by atoms with Crippen LogP contribution in [0.5, 0.6) is 5.75 Å². The second-order valence-electron chi connectivity index (χ2n) is 8.61. The average Bonchev–Trinajstić information content (AvgIpc) is 2.86. The predicted octanol–water partition coefficient (Wildman–Crippen LogP) is -3.46. The van der Waals surface area contributed by atoms with Crippen LogP contribution in [0.25, 0.3) is 0 Å². The van der Waals surface area contributed by atoms with Crippen molar-refractivity contribution in [3.05, 3.63) is 29.8 Å². The standard InChI is InChI=1S/C23H38N10O6/c24-15(11-13-5-7-14(34)8-6-13)19(36)31-12-18(35)32-16(3-1-9-29-22(25)26)20(37)33-17(21(38)39)4-2-10-30-23(27)28/h5-8,15-17,34H,1-4,9-12,24H2,(H,31,36)(H,32,35)(H,33,37)(H,38,39)(H4,25,26,29)(H4,27,28,30). The van der Waals surface area contributed by atoms with Crippen LogP contribution < -0.4 is 44.6 Å². The van der Waals surface area contributed by atoms with Gasteiger partial charge < -0.3 is 54.8 Å². The molecule has 39 heavy (non-hydrogen) atoms. The maximum atomic E-state index is 12.9. The van der Waals surface area contributed by atoms with E-state index in [0.717, 1.165) is 0 Å². The lowest BCUT2D eigenvalue weighted by atomic mass is 10.1. The summed E-state index contributed by atoms with van der Waals surface area (Å²) in [7, 11) is 0. The zero-order valence-corrected chi connectivity index (χ0v) is 21.5. The summed E-state index contributed by atoms with van der Waals surface area (Å²) in [6.07, 6.45) is 0.878. The van der Waals surface area contributed by atoms with Gasteiger partial charge >= 0.3 is 5.97 Å². The van der Waals surface area contributed by atoms with Gasteiger partial charge in [0, 0.05) is 13.1 Å². The quantitative estimate of drug-likeness (QED) is 0.0516. The lowest BCUT2D eigenvalue weighted by Crippen LogP contribution is -2.53. The maximum absolute atomic E-state index is 12.9. The van der Waals surface area contributed by atoms with Crippen LogP contribution >= 0.6 is 0 Å². The highest BCUT2D eigenvalue weighted by atomic mass is 16.4. The molecule has 0 aliphatic carbocycles. The minimum absolute atomic E-state index is 0.0432. The van der Waals surface area contributed by atoms with Crippen LogP contribution in [0.3, 0.4) is 0 Å². The Balaban J connectivity index is 2.73. The third-order valence-electron chi connectivity index (χ3n) is 5.31. The van der Waals surface area contributed by atoms with Crippen LogP contribution in [0.4, 0.5) is 0 Å². The van der Waals surface area contributed by atoms with Gasteiger partial charge in [-0.2, -0.15) is 0 Å². The van der Waals surface area contributed by atoms with Crippen LogP contribution in [0.15, 0.2) is 34.3 Å². The number of hydrogen-bond acceptors (Lipinski definition) is 8. The Kier molecular flexibility index (Phi) is 14.1. The van der Waals surface area contributed by atoms with E-state index >= 15 is 0 Å². The van der Waals surface area contributed by atoms with Crippen molar-refractivity contribution in [1.29, 1.82) is 0 Å². The lowest BCUT2D eigenvalue weighted by Gasteiger charge is -2.21. The summed E-state index contributed by atoms with van der Waals surface area (Å²) in [6, 6.07) is 2.82. The van der Waals surface area contributed by atoms with E-state index in [4.69, 9.17) is 28.7 Å². The number of amides is 3. The molecule has 0 aromatic heterocycles. The number of hydrogen-bond donors (Lipinski definition) is 10. The Morgan fingerprint density at radius 2 is 1.36 bits per heavy atom. The van der Waals surface area contributed by atoms with Crippen molar-refractivity contribution in [3.8, 4) is 5.75 Å². The SMILES string of the molecule is NC(N)=NCCCC(NC(=O)C(CCCN=C(N)N)NC(=O)CNC(=O)C(N)Cc1ccc(O)cc1)C(=O)O. The van der Waals surface area contributed by atoms with Gasteiger partial charge in [-0.1, -0.05) is 12.1 Å². The zero-order valence-electron chi connectivity index (χ0n) is 21.5. The lowest BCUT2D eigenvalue weighted by molar-refractivity contribution is -0.142. The number of aromatic hydroxyl groups is 1. The van der Waals surface area contributed by atoms with Gasteiger partial charge in [-0.15, -0.1) is 0 Å². The molecule has 0 fully saturated rings. The third kappa shape index (κ3) is 14.1. The van der Waals surface area contributed by atoms with Crippen LogP contribution in [0, 0.1) is 0 Å². The number of phenolic OH excluding ortho intramolecular Hbond substituents is 1. The van der Waals surface area contributed by atoms with Crippen molar-refractivity contribution in [3.63, 3.8) is 0 Å². The molecule has 0 aliphatic heterocycles. The number of carboxylic acid groups (broad SMARTS) is 1. The summed E-state index contributed by atoms with van der Waals surface area (Å²) in [6.45, 7) is -0.123. The molecule has 16 nitrogen and oxygen atoms in total. The summed E-state index contributed by atoms with van der Waals surface area (Å²) in [5.74, 6) is -3.50. The van der Waals surface area contributed by atoms with Crippen LogP contribution in [-0.4, -0.2) is 83.6 Å². The number of guanidine groups is 2. The first-order valence-corrected chi connectivity index (χ1v) is 12.1. The molecule has 0 aliphatic rings. The molecule has 16 heteroatoms. The number of carbonyl (C=O) groups is 4. The number of phenols is 1. The van der Waals surface area contributed by atoms with Crippen molar-refractivity contribution in [2.45, 2.75) is 50.2 Å². The molecule has 216 valence electrons. The van der Waals surface area contributed by atoms with Crippen molar-refractivity contribution in [2.75, 3.05) is 19.6 Å². The fraction of sp³-hybridized carbons (Fsp3) is 0.478. The maximum Gasteiger partial charge on any atom is 0.326 e. The molecule has 1 aromatic rings.